The Morgan fingerprint density at radius 1 is 1.60 bits per heavy atom. The van der Waals surface area contributed by atoms with Gasteiger partial charge in [0.2, 0.25) is 5.91 Å². The van der Waals surface area contributed by atoms with Crippen molar-refractivity contribution >= 4 is 5.91 Å². The zero-order valence-electron chi connectivity index (χ0n) is 11.4. The Morgan fingerprint density at radius 3 is 3.10 bits per heavy atom. The highest BCUT2D eigenvalue weighted by Gasteiger charge is 2.21. The van der Waals surface area contributed by atoms with E-state index in [-0.39, 0.29) is 23.8 Å². The molecule has 2 atom stereocenters. The lowest BCUT2D eigenvalue weighted by Gasteiger charge is -2.24. The Kier molecular flexibility index (Phi) is 5.31. The van der Waals surface area contributed by atoms with Gasteiger partial charge in [-0.2, -0.15) is 0 Å². The molecule has 2 N–H and O–H groups in total. The number of nitrogens with one attached hydrogen (secondary N) is 2. The van der Waals surface area contributed by atoms with Crippen molar-refractivity contribution in [1.82, 2.24) is 10.6 Å². The van der Waals surface area contributed by atoms with Gasteiger partial charge in [0.25, 0.3) is 0 Å². The number of halogens is 1. The molecular weight excluding hydrogens is 263 g/mol. The molecule has 1 heterocycles. The fourth-order valence-corrected chi connectivity index (χ4v) is 1.90. The van der Waals surface area contributed by atoms with E-state index in [0.717, 1.165) is 0 Å². The van der Waals surface area contributed by atoms with Crippen molar-refractivity contribution in [3.8, 4) is 5.75 Å². The van der Waals surface area contributed by atoms with Crippen LogP contribution < -0.4 is 15.4 Å². The minimum atomic E-state index is -0.409. The van der Waals surface area contributed by atoms with Crippen molar-refractivity contribution in [3.05, 3.63) is 30.1 Å². The molecule has 1 aromatic rings. The summed E-state index contributed by atoms with van der Waals surface area (Å²) in [4.78, 5) is 11.8. The van der Waals surface area contributed by atoms with E-state index in [4.69, 9.17) is 9.47 Å². The van der Waals surface area contributed by atoms with E-state index in [1.165, 1.54) is 6.07 Å². The lowest BCUT2D eigenvalue weighted by atomic mass is 10.2. The number of ether oxygens (including phenoxy) is 2. The molecule has 110 valence electrons. The molecule has 0 aliphatic carbocycles. The average Bonchev–Trinajstić information content (AvgIpc) is 2.48. The summed E-state index contributed by atoms with van der Waals surface area (Å²) in [6.45, 7) is 3.74. The number of hydrogen-bond acceptors (Lipinski definition) is 4. The van der Waals surface area contributed by atoms with E-state index >= 15 is 0 Å². The molecule has 2 rings (SSSR count). The third-order valence-corrected chi connectivity index (χ3v) is 2.97. The molecule has 0 aromatic heterocycles. The number of rotatable bonds is 5. The normalized spacial score (nSPS) is 20.2. The second kappa shape index (κ2) is 7.21. The van der Waals surface area contributed by atoms with E-state index < -0.39 is 5.82 Å². The smallest absolute Gasteiger partial charge is 0.239 e. The van der Waals surface area contributed by atoms with Crippen LogP contribution in [0.15, 0.2) is 24.3 Å². The van der Waals surface area contributed by atoms with Gasteiger partial charge in [0, 0.05) is 6.54 Å². The predicted octanol–water partition coefficient (Wildman–Crippen LogP) is 0.698. The molecule has 6 heteroatoms. The van der Waals surface area contributed by atoms with Crippen molar-refractivity contribution in [1.29, 1.82) is 0 Å². The third-order valence-electron chi connectivity index (χ3n) is 2.97. The first-order chi connectivity index (χ1) is 9.66. The van der Waals surface area contributed by atoms with Gasteiger partial charge < -0.3 is 20.1 Å². The van der Waals surface area contributed by atoms with Gasteiger partial charge >= 0.3 is 0 Å². The Bertz CT molecular complexity index is 450. The largest absolute Gasteiger partial charge is 0.486 e. The van der Waals surface area contributed by atoms with Crippen LogP contribution in [0.5, 0.6) is 5.75 Å². The number of carbonyl (C=O) groups excluding carboxylic acids is 1. The van der Waals surface area contributed by atoms with Crippen LogP contribution in [0.3, 0.4) is 0 Å². The van der Waals surface area contributed by atoms with Crippen molar-refractivity contribution < 1.29 is 18.7 Å². The van der Waals surface area contributed by atoms with Crippen LogP contribution in [0.2, 0.25) is 0 Å². The van der Waals surface area contributed by atoms with Crippen LogP contribution in [0.4, 0.5) is 4.39 Å². The summed E-state index contributed by atoms with van der Waals surface area (Å²) < 4.78 is 24.1. The minimum Gasteiger partial charge on any atom is -0.486 e. The predicted molar refractivity (Wildman–Crippen MR) is 72.1 cm³/mol. The molecule has 1 aliphatic heterocycles. The van der Waals surface area contributed by atoms with Crippen LogP contribution >= 0.6 is 0 Å². The standard InChI is InChI=1S/C14H19FN2O3/c1-10(20-13-5-3-2-4-11(13)15)8-17-14(18)12-9-19-7-6-16-12/h2-5,10,12,16H,6-9H2,1H3,(H,17,18). The molecule has 1 aliphatic rings. The molecule has 1 amide bonds. The Hall–Kier alpha value is -1.66. The topological polar surface area (TPSA) is 59.6 Å². The summed E-state index contributed by atoms with van der Waals surface area (Å²) in [7, 11) is 0. The van der Waals surface area contributed by atoms with Crippen LogP contribution in [-0.2, 0) is 9.53 Å². The zero-order chi connectivity index (χ0) is 14.4. The summed E-state index contributed by atoms with van der Waals surface area (Å²) in [5.41, 5.74) is 0. The number of hydrogen-bond donors (Lipinski definition) is 2. The summed E-state index contributed by atoms with van der Waals surface area (Å²) in [5, 5.41) is 5.83. The van der Waals surface area contributed by atoms with E-state index in [1.807, 2.05) is 0 Å². The van der Waals surface area contributed by atoms with Gasteiger partial charge in [-0.1, -0.05) is 12.1 Å². The molecular formula is C14H19FN2O3. The molecule has 20 heavy (non-hydrogen) atoms. The first-order valence-corrected chi connectivity index (χ1v) is 6.67. The van der Waals surface area contributed by atoms with Gasteiger partial charge in [0.15, 0.2) is 11.6 Å². The highest BCUT2D eigenvalue weighted by molar-refractivity contribution is 5.82. The van der Waals surface area contributed by atoms with Gasteiger partial charge in [-0.3, -0.25) is 4.79 Å². The number of amides is 1. The minimum absolute atomic E-state index is 0.131. The van der Waals surface area contributed by atoms with Crippen LogP contribution in [-0.4, -0.2) is 44.4 Å². The van der Waals surface area contributed by atoms with Crippen molar-refractivity contribution in [3.63, 3.8) is 0 Å². The lowest BCUT2D eigenvalue weighted by molar-refractivity contribution is -0.126. The van der Waals surface area contributed by atoms with Gasteiger partial charge in [-0.15, -0.1) is 0 Å². The van der Waals surface area contributed by atoms with Crippen LogP contribution in [0.1, 0.15) is 6.92 Å². The van der Waals surface area contributed by atoms with Crippen LogP contribution in [0.25, 0.3) is 0 Å². The first kappa shape index (κ1) is 14.7. The van der Waals surface area contributed by atoms with Crippen molar-refractivity contribution in [2.75, 3.05) is 26.3 Å². The second-order valence-corrected chi connectivity index (χ2v) is 4.69. The molecule has 1 aromatic carbocycles. The van der Waals surface area contributed by atoms with E-state index in [9.17, 15) is 9.18 Å². The monoisotopic (exact) mass is 282 g/mol. The lowest BCUT2D eigenvalue weighted by Crippen LogP contribution is -2.52. The van der Waals surface area contributed by atoms with Gasteiger partial charge in [0.05, 0.1) is 19.8 Å². The third kappa shape index (κ3) is 4.18. The SMILES string of the molecule is CC(CNC(=O)C1COCCN1)Oc1ccccc1F. The number of morpholine rings is 1. The van der Waals surface area contributed by atoms with Gasteiger partial charge in [-0.05, 0) is 19.1 Å². The number of para-hydroxylation sites is 1. The molecule has 0 saturated carbocycles. The maximum atomic E-state index is 13.4. The maximum absolute atomic E-state index is 13.4. The summed E-state index contributed by atoms with van der Waals surface area (Å²) >= 11 is 0. The molecule has 1 fully saturated rings. The number of carbonyl (C=O) groups is 1. The average molecular weight is 282 g/mol. The second-order valence-electron chi connectivity index (χ2n) is 4.69. The van der Waals surface area contributed by atoms with Crippen molar-refractivity contribution in [2.24, 2.45) is 0 Å². The quantitative estimate of drug-likeness (QED) is 0.834. The first-order valence-electron chi connectivity index (χ1n) is 6.67. The molecule has 1 saturated heterocycles. The summed E-state index contributed by atoms with van der Waals surface area (Å²) in [6, 6.07) is 5.87. The summed E-state index contributed by atoms with van der Waals surface area (Å²) in [6.07, 6.45) is -0.319. The Morgan fingerprint density at radius 2 is 2.40 bits per heavy atom. The highest BCUT2D eigenvalue weighted by Crippen LogP contribution is 2.16. The fourth-order valence-electron chi connectivity index (χ4n) is 1.90. The molecule has 0 spiro atoms. The molecule has 5 nitrogen and oxygen atoms in total. The van der Waals surface area contributed by atoms with Gasteiger partial charge in [0.1, 0.15) is 12.1 Å². The van der Waals surface area contributed by atoms with E-state index in [0.29, 0.717) is 26.3 Å². The van der Waals surface area contributed by atoms with E-state index in [1.54, 1.807) is 25.1 Å². The Labute approximate surface area is 117 Å². The van der Waals surface area contributed by atoms with Crippen molar-refractivity contribution in [2.45, 2.75) is 19.1 Å². The zero-order valence-corrected chi connectivity index (χ0v) is 11.4. The molecule has 0 bridgehead atoms. The summed E-state index contributed by atoms with van der Waals surface area (Å²) in [5.74, 6) is -0.352. The fraction of sp³-hybridized carbons (Fsp3) is 0.500. The van der Waals surface area contributed by atoms with Crippen LogP contribution in [0, 0.1) is 5.82 Å². The van der Waals surface area contributed by atoms with E-state index in [2.05, 4.69) is 10.6 Å². The highest BCUT2D eigenvalue weighted by atomic mass is 19.1. The molecule has 0 radical (unpaired) electrons. The molecule has 2 unspecified atom stereocenters. The Balaban J connectivity index is 1.76. The van der Waals surface area contributed by atoms with Gasteiger partial charge in [-0.25, -0.2) is 4.39 Å². The number of benzene rings is 1. The maximum Gasteiger partial charge on any atom is 0.239 e.